The SMILES string of the molecule is CC.CCC(OC)[C@@H](C)Cn1cc(C)c(=O)n(P)c1=O. The number of rotatable bonds is 5. The Morgan fingerprint density at radius 2 is 1.90 bits per heavy atom. The van der Waals surface area contributed by atoms with Gasteiger partial charge in [0.15, 0.2) is 0 Å². The van der Waals surface area contributed by atoms with E-state index < -0.39 is 0 Å². The quantitative estimate of drug-likeness (QED) is 0.782. The summed E-state index contributed by atoms with van der Waals surface area (Å²) in [6, 6.07) is 0. The van der Waals surface area contributed by atoms with Crippen LogP contribution in [0.4, 0.5) is 0 Å². The number of hydrogen-bond acceptors (Lipinski definition) is 3. The van der Waals surface area contributed by atoms with Crippen LogP contribution in [0.5, 0.6) is 0 Å². The molecule has 0 saturated carbocycles. The van der Waals surface area contributed by atoms with Gasteiger partial charge in [-0.1, -0.05) is 27.7 Å². The van der Waals surface area contributed by atoms with Gasteiger partial charge in [-0.3, -0.25) is 9.36 Å². The third kappa shape index (κ3) is 4.57. The number of hydrogen-bond donors (Lipinski definition) is 0. The van der Waals surface area contributed by atoms with Crippen molar-refractivity contribution in [2.24, 2.45) is 5.92 Å². The third-order valence-electron chi connectivity index (χ3n) is 3.18. The van der Waals surface area contributed by atoms with Crippen molar-refractivity contribution in [3.8, 4) is 0 Å². The Hall–Kier alpha value is -0.930. The average molecular weight is 302 g/mol. The summed E-state index contributed by atoms with van der Waals surface area (Å²) in [7, 11) is 3.84. The molecule has 0 fully saturated rings. The molecule has 3 atom stereocenters. The molecule has 0 radical (unpaired) electrons. The van der Waals surface area contributed by atoms with Crippen LogP contribution in [0.2, 0.25) is 0 Å². The zero-order valence-electron chi connectivity index (χ0n) is 13.3. The molecule has 1 aromatic rings. The lowest BCUT2D eigenvalue weighted by Crippen LogP contribution is -2.38. The highest BCUT2D eigenvalue weighted by Crippen LogP contribution is 2.12. The summed E-state index contributed by atoms with van der Waals surface area (Å²) in [6.45, 7) is 10.3. The Bertz CT molecular complexity index is 518. The number of aryl methyl sites for hydroxylation is 1. The second kappa shape index (κ2) is 9.09. The molecule has 0 aliphatic carbocycles. The fourth-order valence-electron chi connectivity index (χ4n) is 2.12. The molecular formula is C14H27N2O3P. The Morgan fingerprint density at radius 3 is 2.35 bits per heavy atom. The third-order valence-corrected chi connectivity index (χ3v) is 3.64. The van der Waals surface area contributed by atoms with Crippen LogP contribution in [0.3, 0.4) is 0 Å². The zero-order valence-corrected chi connectivity index (χ0v) is 14.5. The summed E-state index contributed by atoms with van der Waals surface area (Å²) in [5, 5.41) is 0. The molecule has 0 bridgehead atoms. The molecule has 0 spiro atoms. The van der Waals surface area contributed by atoms with E-state index in [9.17, 15) is 9.59 Å². The van der Waals surface area contributed by atoms with Crippen LogP contribution in [-0.4, -0.2) is 22.1 Å². The van der Waals surface area contributed by atoms with Crippen LogP contribution < -0.4 is 11.2 Å². The predicted molar refractivity (Wildman–Crippen MR) is 86.4 cm³/mol. The first-order valence-corrected chi connectivity index (χ1v) is 7.55. The number of methoxy groups -OCH3 is 1. The van der Waals surface area contributed by atoms with Gasteiger partial charge < -0.3 is 4.74 Å². The van der Waals surface area contributed by atoms with Gasteiger partial charge in [0, 0.05) is 31.3 Å². The van der Waals surface area contributed by atoms with Gasteiger partial charge in [-0.2, -0.15) is 0 Å². The summed E-state index contributed by atoms with van der Waals surface area (Å²) >= 11 is 0. The van der Waals surface area contributed by atoms with E-state index in [1.165, 1.54) is 0 Å². The molecule has 2 unspecified atom stereocenters. The molecule has 1 heterocycles. The van der Waals surface area contributed by atoms with E-state index in [2.05, 4.69) is 16.3 Å². The molecule has 5 nitrogen and oxygen atoms in total. The van der Waals surface area contributed by atoms with Crippen LogP contribution in [0, 0.1) is 12.8 Å². The molecular weight excluding hydrogens is 275 g/mol. The minimum Gasteiger partial charge on any atom is -0.381 e. The molecule has 0 saturated heterocycles. The van der Waals surface area contributed by atoms with Gasteiger partial charge in [-0.05, 0) is 22.7 Å². The number of aromatic nitrogens is 2. The van der Waals surface area contributed by atoms with Crippen LogP contribution >= 0.6 is 9.39 Å². The Morgan fingerprint density at radius 1 is 1.35 bits per heavy atom. The minimum atomic E-state index is -0.312. The Labute approximate surface area is 123 Å². The summed E-state index contributed by atoms with van der Waals surface area (Å²) in [4.78, 5) is 23.5. The van der Waals surface area contributed by atoms with E-state index in [1.807, 2.05) is 20.8 Å². The molecule has 1 rings (SSSR count). The van der Waals surface area contributed by atoms with Crippen molar-refractivity contribution in [2.75, 3.05) is 7.11 Å². The van der Waals surface area contributed by atoms with E-state index in [-0.39, 0.29) is 23.3 Å². The Balaban J connectivity index is 0.00000172. The monoisotopic (exact) mass is 302 g/mol. The van der Waals surface area contributed by atoms with E-state index in [1.54, 1.807) is 24.8 Å². The molecule has 6 heteroatoms. The van der Waals surface area contributed by atoms with Crippen molar-refractivity contribution in [1.82, 2.24) is 8.90 Å². The van der Waals surface area contributed by atoms with Gasteiger partial charge in [-0.15, -0.1) is 0 Å². The maximum atomic E-state index is 11.9. The van der Waals surface area contributed by atoms with E-state index >= 15 is 0 Å². The van der Waals surface area contributed by atoms with Crippen molar-refractivity contribution in [1.29, 1.82) is 0 Å². The van der Waals surface area contributed by atoms with Crippen LogP contribution in [0.25, 0.3) is 0 Å². The standard InChI is InChI=1S/C12H21N2O3P.C2H6/c1-5-10(17-4)8(2)6-13-7-9(3)11(15)14(18)12(13)16;1-2/h7-8,10H,5-6,18H2,1-4H3;1-2H3/t8-,10?;/m0./s1. The fraction of sp³-hybridized carbons (Fsp3) is 0.714. The lowest BCUT2D eigenvalue weighted by molar-refractivity contribution is 0.0486. The largest absolute Gasteiger partial charge is 0.381 e. The first-order chi connectivity index (χ1) is 9.42. The maximum Gasteiger partial charge on any atom is 0.333 e. The topological polar surface area (TPSA) is 53.2 Å². The van der Waals surface area contributed by atoms with Gasteiger partial charge in [-0.25, -0.2) is 9.13 Å². The summed E-state index contributed by atoms with van der Waals surface area (Å²) in [6.07, 6.45) is 2.62. The van der Waals surface area contributed by atoms with Crippen molar-refractivity contribution < 1.29 is 4.74 Å². The highest BCUT2D eigenvalue weighted by Gasteiger charge is 2.16. The Kier molecular flexibility index (Phi) is 8.67. The van der Waals surface area contributed by atoms with Gasteiger partial charge in [0.25, 0.3) is 5.56 Å². The van der Waals surface area contributed by atoms with Gasteiger partial charge in [0.05, 0.1) is 6.10 Å². The molecule has 0 N–H and O–H groups in total. The van der Waals surface area contributed by atoms with Crippen LogP contribution in [-0.2, 0) is 11.3 Å². The molecule has 116 valence electrons. The van der Waals surface area contributed by atoms with Crippen LogP contribution in [0.15, 0.2) is 15.8 Å². The second-order valence-electron chi connectivity index (χ2n) is 4.58. The van der Waals surface area contributed by atoms with Crippen molar-refractivity contribution >= 4 is 9.39 Å². The summed E-state index contributed by atoms with van der Waals surface area (Å²) < 4.78 is 8.00. The predicted octanol–water partition coefficient (Wildman–Crippen LogP) is 2.04. The van der Waals surface area contributed by atoms with Crippen molar-refractivity contribution in [2.45, 2.75) is 53.7 Å². The lowest BCUT2D eigenvalue weighted by atomic mass is 10.0. The molecule has 0 aliphatic heterocycles. The summed E-state index contributed by atoms with van der Waals surface area (Å²) in [5.74, 6) is 0.208. The average Bonchev–Trinajstić information content (AvgIpc) is 2.46. The van der Waals surface area contributed by atoms with Crippen LogP contribution in [0.1, 0.15) is 39.7 Å². The van der Waals surface area contributed by atoms with Crippen molar-refractivity contribution in [3.63, 3.8) is 0 Å². The maximum absolute atomic E-state index is 11.9. The van der Waals surface area contributed by atoms with Gasteiger partial charge in [0.2, 0.25) is 0 Å². The molecule has 0 aliphatic rings. The van der Waals surface area contributed by atoms with Gasteiger partial charge in [0.1, 0.15) is 0 Å². The molecule has 20 heavy (non-hydrogen) atoms. The fourth-order valence-corrected chi connectivity index (χ4v) is 2.47. The lowest BCUT2D eigenvalue weighted by Gasteiger charge is -2.22. The second-order valence-corrected chi connectivity index (χ2v) is 5.10. The van der Waals surface area contributed by atoms with Gasteiger partial charge >= 0.3 is 5.69 Å². The van der Waals surface area contributed by atoms with E-state index in [0.29, 0.717) is 12.1 Å². The highest BCUT2D eigenvalue weighted by molar-refractivity contribution is 7.14. The van der Waals surface area contributed by atoms with E-state index in [4.69, 9.17) is 4.74 Å². The first kappa shape index (κ1) is 19.1. The summed E-state index contributed by atoms with van der Waals surface area (Å²) in [5.41, 5.74) is -0.0247. The number of ether oxygens (including phenoxy) is 1. The normalized spacial score (nSPS) is 13.3. The highest BCUT2D eigenvalue weighted by atomic mass is 31.0. The molecule has 1 aromatic heterocycles. The molecule has 0 aromatic carbocycles. The zero-order chi connectivity index (χ0) is 15.9. The van der Waals surface area contributed by atoms with E-state index in [0.717, 1.165) is 10.8 Å². The van der Waals surface area contributed by atoms with Crippen molar-refractivity contribution in [3.05, 3.63) is 32.6 Å². The minimum absolute atomic E-state index is 0.113. The molecule has 0 amide bonds. The number of nitrogens with zero attached hydrogens (tertiary/aromatic N) is 2. The first-order valence-electron chi connectivity index (χ1n) is 7.03. The smallest absolute Gasteiger partial charge is 0.333 e.